The van der Waals surface area contributed by atoms with Gasteiger partial charge >= 0.3 is 12.1 Å². The Bertz CT molecular complexity index is 1460. The number of hydrogen-bond donors (Lipinski definition) is 1. The number of carboxylic acid groups (broad SMARTS) is 1. The lowest BCUT2D eigenvalue weighted by Crippen LogP contribution is -2.37. The van der Waals surface area contributed by atoms with Crippen molar-refractivity contribution in [3.8, 4) is 22.8 Å². The van der Waals surface area contributed by atoms with E-state index < -0.39 is 12.1 Å². The number of morpholine rings is 1. The van der Waals surface area contributed by atoms with Gasteiger partial charge in [0.1, 0.15) is 5.69 Å². The summed E-state index contributed by atoms with van der Waals surface area (Å²) in [7, 11) is 3.07. The van der Waals surface area contributed by atoms with E-state index in [9.17, 15) is 22.8 Å². The Balaban J connectivity index is 0.000000448. The lowest BCUT2D eigenvalue weighted by molar-refractivity contribution is -0.192. The first-order valence-corrected chi connectivity index (χ1v) is 12.0. The molecule has 2 aliphatic rings. The summed E-state index contributed by atoms with van der Waals surface area (Å²) in [6.45, 7) is 4.63. The lowest BCUT2D eigenvalue weighted by Gasteiger charge is -2.26. The molecule has 1 saturated heterocycles. The fraction of sp³-hybridized carbons (Fsp3) is 0.385. The van der Waals surface area contributed by atoms with E-state index in [1.165, 1.54) is 14.2 Å². The molecule has 1 fully saturated rings. The molecule has 0 radical (unpaired) electrons. The number of alkyl halides is 3. The van der Waals surface area contributed by atoms with E-state index in [4.69, 9.17) is 24.1 Å². The molecule has 3 aromatic rings. The van der Waals surface area contributed by atoms with E-state index in [1.54, 1.807) is 29.0 Å². The number of methoxy groups -OCH3 is 2. The standard InChI is InChI=1S/C24H25N3O5.C2HF3O2/c1-30-18-13-16-17(14-19(18)31-2)24(29)27(8-4-7-26-9-11-32-12-10-26)22-15-5-3-6-25-21(15)23(28)20(16)22;3-2(4,5)1(6)7/h3,5-6,13-14H,4,7-12H2,1-2H3;(H,6,7). The minimum Gasteiger partial charge on any atom is -0.493 e. The van der Waals surface area contributed by atoms with Gasteiger partial charge in [-0.1, -0.05) is 0 Å². The van der Waals surface area contributed by atoms with Gasteiger partial charge in [0.05, 0.1) is 44.1 Å². The molecule has 0 saturated carbocycles. The normalized spacial score (nSPS) is 14.8. The molecule has 13 heteroatoms. The number of aromatic nitrogens is 2. The maximum absolute atomic E-state index is 13.7. The number of carbonyl (C=O) groups excluding carboxylic acids is 1. The molecule has 208 valence electrons. The Morgan fingerprint density at radius 1 is 1.08 bits per heavy atom. The second kappa shape index (κ2) is 11.4. The molecule has 0 unspecified atom stereocenters. The fourth-order valence-electron chi connectivity index (χ4n) is 4.67. The number of ketones is 1. The van der Waals surface area contributed by atoms with Gasteiger partial charge in [-0.25, -0.2) is 4.79 Å². The number of carbonyl (C=O) groups is 2. The summed E-state index contributed by atoms with van der Waals surface area (Å²) >= 11 is 0. The summed E-state index contributed by atoms with van der Waals surface area (Å²) in [6, 6.07) is 7.04. The number of rotatable bonds is 6. The zero-order chi connectivity index (χ0) is 28.3. The van der Waals surface area contributed by atoms with Crippen LogP contribution in [0.3, 0.4) is 0 Å². The maximum Gasteiger partial charge on any atom is 0.490 e. The maximum atomic E-state index is 13.7. The first-order chi connectivity index (χ1) is 18.6. The van der Waals surface area contributed by atoms with Gasteiger partial charge in [-0.15, -0.1) is 0 Å². The topological polar surface area (TPSA) is 120 Å². The molecule has 0 bridgehead atoms. The highest BCUT2D eigenvalue weighted by atomic mass is 19.4. The van der Waals surface area contributed by atoms with Gasteiger partial charge in [-0.05, 0) is 30.7 Å². The Hall–Kier alpha value is -3.97. The van der Waals surface area contributed by atoms with E-state index >= 15 is 0 Å². The average molecular weight is 550 g/mol. The number of pyridine rings is 2. The molecule has 0 atom stereocenters. The van der Waals surface area contributed by atoms with E-state index in [2.05, 4.69) is 9.88 Å². The highest BCUT2D eigenvalue weighted by molar-refractivity contribution is 6.26. The molecule has 10 nitrogen and oxygen atoms in total. The minimum atomic E-state index is -5.08. The molecular formula is C26H26F3N3O7. The SMILES string of the molecule is COc1cc2c3c(n(CCCN4CCOCC4)c(=O)c2cc1OC)-c1cccnc1C3=O.O=C(O)C(F)(F)F. The second-order valence-corrected chi connectivity index (χ2v) is 8.77. The Kier molecular flexibility index (Phi) is 8.21. The van der Waals surface area contributed by atoms with E-state index in [-0.39, 0.29) is 11.3 Å². The van der Waals surface area contributed by atoms with Crippen LogP contribution < -0.4 is 15.0 Å². The van der Waals surface area contributed by atoms with Crippen LogP contribution in [0.15, 0.2) is 35.3 Å². The van der Waals surface area contributed by atoms with Gasteiger partial charge in [0, 0.05) is 43.3 Å². The second-order valence-electron chi connectivity index (χ2n) is 8.77. The van der Waals surface area contributed by atoms with Crippen LogP contribution in [-0.4, -0.2) is 84.6 Å². The molecule has 3 heterocycles. The molecule has 0 spiro atoms. The van der Waals surface area contributed by atoms with E-state index in [1.807, 2.05) is 6.07 Å². The van der Waals surface area contributed by atoms with Crippen molar-refractivity contribution >= 4 is 22.5 Å². The quantitative estimate of drug-likeness (QED) is 0.387. The Morgan fingerprint density at radius 2 is 1.69 bits per heavy atom. The van der Waals surface area contributed by atoms with E-state index in [0.717, 1.165) is 39.3 Å². The van der Waals surface area contributed by atoms with Gasteiger partial charge in [-0.2, -0.15) is 13.2 Å². The number of fused-ring (bicyclic) bond motifs is 5. The summed E-state index contributed by atoms with van der Waals surface area (Å²) in [6.07, 6.45) is -2.69. The average Bonchev–Trinajstić information content (AvgIpc) is 3.22. The molecule has 0 amide bonds. The highest BCUT2D eigenvalue weighted by Gasteiger charge is 2.38. The van der Waals surface area contributed by atoms with Crippen molar-refractivity contribution in [2.24, 2.45) is 0 Å². The molecule has 1 N–H and O–H groups in total. The zero-order valence-electron chi connectivity index (χ0n) is 21.2. The third kappa shape index (κ3) is 5.59. The number of carboxylic acids is 1. The van der Waals surface area contributed by atoms with Crippen LogP contribution in [0.25, 0.3) is 22.0 Å². The Labute approximate surface area is 220 Å². The minimum absolute atomic E-state index is 0.147. The number of benzene rings is 1. The monoisotopic (exact) mass is 549 g/mol. The zero-order valence-corrected chi connectivity index (χ0v) is 21.2. The smallest absolute Gasteiger partial charge is 0.490 e. The van der Waals surface area contributed by atoms with Crippen LogP contribution >= 0.6 is 0 Å². The van der Waals surface area contributed by atoms with Crippen LogP contribution in [0.1, 0.15) is 22.5 Å². The number of aliphatic carboxylic acids is 1. The van der Waals surface area contributed by atoms with Crippen LogP contribution in [0, 0.1) is 0 Å². The predicted octanol–water partition coefficient (Wildman–Crippen LogP) is 2.98. The number of ether oxygens (including phenoxy) is 3. The predicted molar refractivity (Wildman–Crippen MR) is 134 cm³/mol. The third-order valence-electron chi connectivity index (χ3n) is 6.48. The highest BCUT2D eigenvalue weighted by Crippen LogP contribution is 2.41. The van der Waals surface area contributed by atoms with Crippen LogP contribution in [-0.2, 0) is 16.1 Å². The first-order valence-electron chi connectivity index (χ1n) is 12.0. The third-order valence-corrected chi connectivity index (χ3v) is 6.48. The summed E-state index contributed by atoms with van der Waals surface area (Å²) in [5, 5.41) is 8.13. The van der Waals surface area contributed by atoms with Gasteiger partial charge in [-0.3, -0.25) is 19.5 Å². The van der Waals surface area contributed by atoms with Crippen molar-refractivity contribution in [1.82, 2.24) is 14.5 Å². The summed E-state index contributed by atoms with van der Waals surface area (Å²) in [5.41, 5.74) is 2.08. The molecule has 5 rings (SSSR count). The molecular weight excluding hydrogens is 523 g/mol. The molecule has 1 aliphatic carbocycles. The van der Waals surface area contributed by atoms with Crippen molar-refractivity contribution in [1.29, 1.82) is 0 Å². The van der Waals surface area contributed by atoms with Gasteiger partial charge in [0.25, 0.3) is 5.56 Å². The molecule has 2 aromatic heterocycles. The van der Waals surface area contributed by atoms with Crippen molar-refractivity contribution in [3.05, 3.63) is 52.1 Å². The van der Waals surface area contributed by atoms with Gasteiger partial charge in [0.15, 0.2) is 11.5 Å². The van der Waals surface area contributed by atoms with Crippen molar-refractivity contribution < 1.29 is 42.1 Å². The molecule has 1 aromatic carbocycles. The van der Waals surface area contributed by atoms with Crippen LogP contribution in [0.2, 0.25) is 0 Å². The number of hydrogen-bond acceptors (Lipinski definition) is 8. The number of halogens is 3. The van der Waals surface area contributed by atoms with Crippen molar-refractivity contribution in [2.75, 3.05) is 47.1 Å². The van der Waals surface area contributed by atoms with Crippen molar-refractivity contribution in [3.63, 3.8) is 0 Å². The van der Waals surface area contributed by atoms with Crippen LogP contribution in [0.4, 0.5) is 13.2 Å². The van der Waals surface area contributed by atoms with Gasteiger partial charge < -0.3 is 23.9 Å². The summed E-state index contributed by atoms with van der Waals surface area (Å²) < 4.78 is 49.7. The van der Waals surface area contributed by atoms with Crippen molar-refractivity contribution in [2.45, 2.75) is 19.1 Å². The van der Waals surface area contributed by atoms with Crippen LogP contribution in [0.5, 0.6) is 11.5 Å². The first kappa shape index (κ1) is 28.0. The number of nitrogens with zero attached hydrogens (tertiary/aromatic N) is 3. The summed E-state index contributed by atoms with van der Waals surface area (Å²) in [4.78, 5) is 42.6. The lowest BCUT2D eigenvalue weighted by atomic mass is 10.0. The molecule has 1 aliphatic heterocycles. The fourth-order valence-corrected chi connectivity index (χ4v) is 4.67. The van der Waals surface area contributed by atoms with Gasteiger partial charge in [0.2, 0.25) is 5.78 Å². The van der Waals surface area contributed by atoms with E-state index in [0.29, 0.717) is 51.3 Å². The molecule has 39 heavy (non-hydrogen) atoms. The largest absolute Gasteiger partial charge is 0.493 e. The summed E-state index contributed by atoms with van der Waals surface area (Å²) in [5.74, 6) is -2.00. The Morgan fingerprint density at radius 3 is 2.28 bits per heavy atom.